The van der Waals surface area contributed by atoms with Gasteiger partial charge in [-0.15, -0.1) is 0 Å². The molecule has 4 rings (SSSR count). The molecule has 9 nitrogen and oxygen atoms in total. The van der Waals surface area contributed by atoms with Crippen LogP contribution in [0, 0.1) is 23.7 Å². The van der Waals surface area contributed by atoms with Crippen LogP contribution in [0.4, 0.5) is 0 Å². The SMILES string of the molecule is CC(C)C[C@H](NC(=O)[C@H](CCc1ccccc1)CC(=O)CCCCCCCN1CCCCC1)C(=O)C[C@@H](Cc1ccccc1)C(=O)N[C@@H](CC(C)C)C(=O)[C@@]1(C)CO1. The molecule has 2 saturated heterocycles. The Morgan fingerprint density at radius 3 is 1.86 bits per heavy atom. The maximum Gasteiger partial charge on any atom is 0.224 e. The zero-order valence-corrected chi connectivity index (χ0v) is 36.3. The van der Waals surface area contributed by atoms with Crippen LogP contribution in [-0.4, -0.2) is 78.0 Å². The van der Waals surface area contributed by atoms with Crippen LogP contribution in [-0.2, 0) is 41.6 Å². The van der Waals surface area contributed by atoms with E-state index in [1.165, 1.54) is 51.7 Å². The molecule has 2 aliphatic heterocycles. The molecule has 2 aliphatic rings. The minimum absolute atomic E-state index is 0.0869. The highest BCUT2D eigenvalue weighted by Crippen LogP contribution is 2.30. The number of ketones is 3. The first-order chi connectivity index (χ1) is 27.8. The fourth-order valence-electron chi connectivity index (χ4n) is 8.24. The van der Waals surface area contributed by atoms with Crippen molar-refractivity contribution in [3.8, 4) is 0 Å². The van der Waals surface area contributed by atoms with Gasteiger partial charge in [0.25, 0.3) is 0 Å². The molecule has 2 amide bonds. The fourth-order valence-corrected chi connectivity index (χ4v) is 8.24. The minimum Gasteiger partial charge on any atom is -0.361 e. The Kier molecular flexibility index (Phi) is 19.8. The number of nitrogens with one attached hydrogen (secondary N) is 2. The summed E-state index contributed by atoms with van der Waals surface area (Å²) in [7, 11) is 0. The normalized spacial score (nSPS) is 18.9. The van der Waals surface area contributed by atoms with Crippen molar-refractivity contribution in [2.45, 2.75) is 155 Å². The minimum atomic E-state index is -0.894. The third kappa shape index (κ3) is 16.9. The van der Waals surface area contributed by atoms with Crippen molar-refractivity contribution in [2.75, 3.05) is 26.2 Å². The van der Waals surface area contributed by atoms with Crippen LogP contribution >= 0.6 is 0 Å². The number of likely N-dealkylation sites (tertiary alicyclic amines) is 1. The lowest BCUT2D eigenvalue weighted by Crippen LogP contribution is -2.50. The van der Waals surface area contributed by atoms with E-state index in [0.29, 0.717) is 45.1 Å². The first-order valence-electron chi connectivity index (χ1n) is 22.5. The molecule has 0 unspecified atom stereocenters. The number of amides is 2. The lowest BCUT2D eigenvalue weighted by Gasteiger charge is -2.27. The van der Waals surface area contributed by atoms with E-state index in [2.05, 4.69) is 15.5 Å². The Hall–Kier alpha value is -3.69. The van der Waals surface area contributed by atoms with Crippen molar-refractivity contribution in [3.63, 3.8) is 0 Å². The molecule has 9 heteroatoms. The molecular formula is C49H73N3O6. The molecule has 2 aromatic carbocycles. The number of carbonyl (C=O) groups excluding carboxylic acids is 5. The number of rotatable bonds is 28. The summed E-state index contributed by atoms with van der Waals surface area (Å²) in [5, 5.41) is 6.09. The number of ether oxygens (including phenoxy) is 1. The van der Waals surface area contributed by atoms with Crippen molar-refractivity contribution < 1.29 is 28.7 Å². The maximum absolute atomic E-state index is 14.3. The van der Waals surface area contributed by atoms with Crippen molar-refractivity contribution in [3.05, 3.63) is 71.8 Å². The second-order valence-electron chi connectivity index (χ2n) is 18.2. The van der Waals surface area contributed by atoms with E-state index in [4.69, 9.17) is 4.74 Å². The van der Waals surface area contributed by atoms with E-state index in [-0.39, 0.29) is 53.8 Å². The van der Waals surface area contributed by atoms with Gasteiger partial charge < -0.3 is 20.3 Å². The van der Waals surface area contributed by atoms with E-state index >= 15 is 0 Å². The standard InChI is InChI=1S/C49H73N3O6/c1-36(2)30-43(45(54)34-41(32-39-22-14-10-15-23-39)48(57)51-44(31-37(3)4)46(55)49(5)35-58-49)50-47(56)40(26-25-38-20-12-9-13-21-38)33-42(53)24-16-7-6-8-17-27-52-28-18-11-19-29-52/h9-10,12-15,20-23,36-37,40-41,43-44H,6-8,11,16-19,24-35H2,1-5H3,(H,50,56)(H,51,57)/t40-,41-,43+,44+,49-/m1/s1. The van der Waals surface area contributed by atoms with Gasteiger partial charge in [-0.3, -0.25) is 24.0 Å². The molecule has 2 heterocycles. The monoisotopic (exact) mass is 800 g/mol. The van der Waals surface area contributed by atoms with Gasteiger partial charge in [-0.25, -0.2) is 0 Å². The number of carbonyl (C=O) groups is 5. The molecular weight excluding hydrogens is 727 g/mol. The molecule has 0 bridgehead atoms. The summed E-state index contributed by atoms with van der Waals surface area (Å²) in [4.78, 5) is 71.9. The molecule has 320 valence electrons. The zero-order valence-electron chi connectivity index (χ0n) is 36.3. The maximum atomic E-state index is 14.3. The molecule has 58 heavy (non-hydrogen) atoms. The first kappa shape index (κ1) is 47.0. The number of piperidine rings is 1. The summed E-state index contributed by atoms with van der Waals surface area (Å²) >= 11 is 0. The third-order valence-electron chi connectivity index (χ3n) is 11.8. The van der Waals surface area contributed by atoms with Gasteiger partial charge in [0, 0.05) is 31.1 Å². The predicted molar refractivity (Wildman–Crippen MR) is 231 cm³/mol. The van der Waals surface area contributed by atoms with Gasteiger partial charge in [0.05, 0.1) is 18.7 Å². The Balaban J connectivity index is 1.41. The van der Waals surface area contributed by atoms with Gasteiger partial charge in [-0.2, -0.15) is 0 Å². The van der Waals surface area contributed by atoms with Crippen molar-refractivity contribution in [1.29, 1.82) is 0 Å². The summed E-state index contributed by atoms with van der Waals surface area (Å²) in [6.07, 6.45) is 12.1. The van der Waals surface area contributed by atoms with E-state index in [9.17, 15) is 24.0 Å². The Morgan fingerprint density at radius 2 is 1.24 bits per heavy atom. The molecule has 0 saturated carbocycles. The summed E-state index contributed by atoms with van der Waals surface area (Å²) < 4.78 is 5.45. The molecule has 2 aromatic rings. The molecule has 0 aromatic heterocycles. The number of aryl methyl sites for hydroxylation is 1. The highest BCUT2D eigenvalue weighted by Gasteiger charge is 2.50. The number of epoxide rings is 1. The van der Waals surface area contributed by atoms with Crippen molar-refractivity contribution >= 4 is 29.2 Å². The number of nitrogens with zero attached hydrogens (tertiary/aromatic N) is 1. The second-order valence-corrected chi connectivity index (χ2v) is 18.2. The van der Waals surface area contributed by atoms with E-state index in [1.54, 1.807) is 6.92 Å². The van der Waals surface area contributed by atoms with Gasteiger partial charge in [-0.05, 0) is 107 Å². The van der Waals surface area contributed by atoms with Gasteiger partial charge in [-0.1, -0.05) is 114 Å². The molecule has 5 atom stereocenters. The lowest BCUT2D eigenvalue weighted by atomic mass is 9.87. The summed E-state index contributed by atoms with van der Waals surface area (Å²) in [6.45, 7) is 13.7. The quantitative estimate of drug-likeness (QED) is 0.0656. The summed E-state index contributed by atoms with van der Waals surface area (Å²) in [5.74, 6) is -2.02. The van der Waals surface area contributed by atoms with Crippen LogP contribution < -0.4 is 10.6 Å². The summed E-state index contributed by atoms with van der Waals surface area (Å²) in [6, 6.07) is 18.0. The highest BCUT2D eigenvalue weighted by molar-refractivity contribution is 5.98. The van der Waals surface area contributed by atoms with E-state index < -0.39 is 29.5 Å². The molecule has 0 aliphatic carbocycles. The third-order valence-corrected chi connectivity index (χ3v) is 11.8. The van der Waals surface area contributed by atoms with Gasteiger partial charge in [0.2, 0.25) is 11.8 Å². The van der Waals surface area contributed by atoms with Crippen LogP contribution in [0.5, 0.6) is 0 Å². The Bertz CT molecular complexity index is 1570. The topological polar surface area (TPSA) is 125 Å². The summed E-state index contributed by atoms with van der Waals surface area (Å²) in [5.41, 5.74) is 1.11. The van der Waals surface area contributed by atoms with Gasteiger partial charge >= 0.3 is 0 Å². The van der Waals surface area contributed by atoms with Gasteiger partial charge in [0.1, 0.15) is 11.4 Å². The average molecular weight is 800 g/mol. The fraction of sp³-hybridized carbons (Fsp3) is 0.653. The Labute approximate surface area is 349 Å². The molecule has 0 radical (unpaired) electrons. The van der Waals surface area contributed by atoms with Crippen LogP contribution in [0.1, 0.15) is 136 Å². The van der Waals surface area contributed by atoms with Gasteiger partial charge in [0.15, 0.2) is 11.6 Å². The Morgan fingerprint density at radius 1 is 0.690 bits per heavy atom. The number of hydrogen-bond acceptors (Lipinski definition) is 7. The number of hydrogen-bond donors (Lipinski definition) is 2. The predicted octanol–water partition coefficient (Wildman–Crippen LogP) is 8.26. The largest absolute Gasteiger partial charge is 0.361 e. The van der Waals surface area contributed by atoms with E-state index in [0.717, 1.165) is 30.4 Å². The average Bonchev–Trinajstić information content (AvgIpc) is 3.96. The van der Waals surface area contributed by atoms with Crippen molar-refractivity contribution in [1.82, 2.24) is 15.5 Å². The number of Topliss-reactive ketones (excluding diaryl/α,β-unsaturated/α-hetero) is 3. The van der Waals surface area contributed by atoms with Crippen LogP contribution in [0.3, 0.4) is 0 Å². The smallest absolute Gasteiger partial charge is 0.224 e. The van der Waals surface area contributed by atoms with Crippen LogP contribution in [0.15, 0.2) is 60.7 Å². The van der Waals surface area contributed by atoms with Crippen LogP contribution in [0.2, 0.25) is 0 Å². The zero-order chi connectivity index (χ0) is 41.9. The van der Waals surface area contributed by atoms with Crippen LogP contribution in [0.25, 0.3) is 0 Å². The lowest BCUT2D eigenvalue weighted by molar-refractivity contribution is -0.135. The number of unbranched alkanes of at least 4 members (excludes halogenated alkanes) is 4. The molecule has 2 fully saturated rings. The molecule has 0 spiro atoms. The van der Waals surface area contributed by atoms with E-state index in [1.807, 2.05) is 88.4 Å². The second kappa shape index (κ2) is 24.4. The van der Waals surface area contributed by atoms with Crippen molar-refractivity contribution in [2.24, 2.45) is 23.7 Å². The molecule has 2 N–H and O–H groups in total. The number of benzene rings is 2. The first-order valence-corrected chi connectivity index (χ1v) is 22.5. The highest BCUT2D eigenvalue weighted by atomic mass is 16.6.